The van der Waals surface area contributed by atoms with Gasteiger partial charge in [-0.25, -0.2) is 4.98 Å². The maximum absolute atomic E-state index is 12.6. The van der Waals surface area contributed by atoms with Crippen molar-refractivity contribution in [3.05, 3.63) is 78.1 Å². The van der Waals surface area contributed by atoms with E-state index in [1.807, 2.05) is 59.4 Å². The van der Waals surface area contributed by atoms with Gasteiger partial charge in [0.1, 0.15) is 5.82 Å². The van der Waals surface area contributed by atoms with E-state index >= 15 is 0 Å². The first-order chi connectivity index (χ1) is 13.7. The number of benzene rings is 2. The number of rotatable bonds is 2. The fourth-order valence-corrected chi connectivity index (χ4v) is 4.90. The topological polar surface area (TPSA) is 51.0 Å². The third-order valence-corrected chi connectivity index (χ3v) is 6.52. The molecule has 0 aliphatic carbocycles. The Bertz CT molecular complexity index is 1190. The zero-order chi connectivity index (χ0) is 19.1. The molecule has 1 aliphatic rings. The summed E-state index contributed by atoms with van der Waals surface area (Å²) < 4.78 is 14.7. The van der Waals surface area contributed by atoms with Gasteiger partial charge in [-0.1, -0.05) is 29.8 Å². The highest BCUT2D eigenvalue weighted by Gasteiger charge is 2.22. The lowest BCUT2D eigenvalue weighted by molar-refractivity contribution is 0.683. The predicted molar refractivity (Wildman–Crippen MR) is 112 cm³/mol. The first kappa shape index (κ1) is 17.1. The van der Waals surface area contributed by atoms with Crippen LogP contribution in [0.1, 0.15) is 11.1 Å². The van der Waals surface area contributed by atoms with E-state index in [4.69, 9.17) is 9.97 Å². The van der Waals surface area contributed by atoms with E-state index in [0.717, 1.165) is 27.2 Å². The summed E-state index contributed by atoms with van der Waals surface area (Å²) in [7, 11) is -0.995. The largest absolute Gasteiger partial charge is 0.335 e. The van der Waals surface area contributed by atoms with Gasteiger partial charge in [-0.05, 0) is 42.8 Å². The van der Waals surface area contributed by atoms with E-state index in [1.165, 1.54) is 5.56 Å². The van der Waals surface area contributed by atoms with Crippen molar-refractivity contribution in [2.24, 2.45) is 0 Å². The summed E-state index contributed by atoms with van der Waals surface area (Å²) in [5.41, 5.74) is 3.17. The molecule has 140 valence electrons. The minimum absolute atomic E-state index is 0.575. The molecule has 0 spiro atoms. The summed E-state index contributed by atoms with van der Waals surface area (Å²) >= 11 is 0. The fourth-order valence-electron chi connectivity index (χ4n) is 3.64. The summed E-state index contributed by atoms with van der Waals surface area (Å²) in [6.07, 6.45) is 4.00. The monoisotopic (exact) mass is 388 g/mol. The number of fused-ring (bicyclic) bond motifs is 2. The molecule has 0 bridgehead atoms. The molecule has 2 aromatic heterocycles. The van der Waals surface area contributed by atoms with E-state index in [-0.39, 0.29) is 0 Å². The molecule has 4 aromatic rings. The maximum atomic E-state index is 12.6. The maximum Gasteiger partial charge on any atom is 0.228 e. The molecule has 0 saturated heterocycles. The van der Waals surface area contributed by atoms with Crippen molar-refractivity contribution >= 4 is 27.7 Å². The Kier molecular flexibility index (Phi) is 4.20. The Morgan fingerprint density at radius 3 is 2.68 bits per heavy atom. The highest BCUT2D eigenvalue weighted by atomic mass is 32.2. The van der Waals surface area contributed by atoms with Gasteiger partial charge < -0.3 is 9.47 Å². The second-order valence-corrected chi connectivity index (χ2v) is 8.58. The molecule has 6 heteroatoms. The van der Waals surface area contributed by atoms with Gasteiger partial charge in [0.2, 0.25) is 5.95 Å². The summed E-state index contributed by atoms with van der Waals surface area (Å²) in [6.45, 7) is 3.39. The SMILES string of the molecule is Cc1ccc2nc(N3CCS(=O)c4ccccc4C3)nc(-n3cccc3)c2c1. The highest BCUT2D eigenvalue weighted by Crippen LogP contribution is 2.27. The molecule has 3 heterocycles. The lowest BCUT2D eigenvalue weighted by atomic mass is 10.1. The summed E-state index contributed by atoms with van der Waals surface area (Å²) in [5, 5.41) is 1.03. The molecule has 0 amide bonds. The standard InChI is InChI=1S/C22H20N4OS/c1-16-8-9-19-18(14-16)21(25-10-4-5-11-25)24-22(23-19)26-12-13-28(27)20-7-3-2-6-17(20)15-26/h2-11,14H,12-13,15H2,1H3. The van der Waals surface area contributed by atoms with Crippen LogP contribution in [0.3, 0.4) is 0 Å². The molecule has 5 rings (SSSR count). The summed E-state index contributed by atoms with van der Waals surface area (Å²) in [4.78, 5) is 12.8. The molecule has 0 fully saturated rings. The van der Waals surface area contributed by atoms with Crippen LogP contribution >= 0.6 is 0 Å². The number of hydrogen-bond donors (Lipinski definition) is 0. The van der Waals surface area contributed by atoms with Crippen LogP contribution in [-0.4, -0.2) is 31.0 Å². The number of anilines is 1. The molecule has 0 saturated carbocycles. The van der Waals surface area contributed by atoms with E-state index in [1.54, 1.807) is 0 Å². The van der Waals surface area contributed by atoms with Gasteiger partial charge in [-0.3, -0.25) is 4.21 Å². The van der Waals surface area contributed by atoms with Crippen LogP contribution in [0.4, 0.5) is 5.95 Å². The number of nitrogens with zero attached hydrogens (tertiary/aromatic N) is 4. The Labute approximate surface area is 166 Å². The Balaban J connectivity index is 1.66. The first-order valence-electron chi connectivity index (χ1n) is 9.32. The molecular formula is C22H20N4OS. The Morgan fingerprint density at radius 1 is 1.00 bits per heavy atom. The number of hydrogen-bond acceptors (Lipinski definition) is 4. The zero-order valence-corrected chi connectivity index (χ0v) is 16.4. The molecule has 5 nitrogen and oxygen atoms in total. The van der Waals surface area contributed by atoms with Gasteiger partial charge in [0, 0.05) is 41.5 Å². The van der Waals surface area contributed by atoms with Crippen molar-refractivity contribution in [1.29, 1.82) is 0 Å². The quantitative estimate of drug-likeness (QED) is 0.523. The van der Waals surface area contributed by atoms with Crippen LogP contribution in [0.15, 0.2) is 71.9 Å². The van der Waals surface area contributed by atoms with Crippen molar-refractivity contribution in [2.45, 2.75) is 18.4 Å². The van der Waals surface area contributed by atoms with Crippen LogP contribution in [0, 0.1) is 6.92 Å². The first-order valence-corrected chi connectivity index (χ1v) is 10.6. The fraction of sp³-hybridized carbons (Fsp3) is 0.182. The van der Waals surface area contributed by atoms with Crippen LogP contribution in [-0.2, 0) is 17.3 Å². The Hall–Kier alpha value is -2.99. The molecule has 2 aromatic carbocycles. The third kappa shape index (κ3) is 2.99. The molecular weight excluding hydrogens is 368 g/mol. The Morgan fingerprint density at radius 2 is 1.82 bits per heavy atom. The lowest BCUT2D eigenvalue weighted by Gasteiger charge is -2.22. The highest BCUT2D eigenvalue weighted by molar-refractivity contribution is 7.85. The lowest BCUT2D eigenvalue weighted by Crippen LogP contribution is -2.27. The second kappa shape index (κ2) is 6.87. The van der Waals surface area contributed by atoms with Gasteiger partial charge in [-0.15, -0.1) is 0 Å². The molecule has 28 heavy (non-hydrogen) atoms. The van der Waals surface area contributed by atoms with E-state index in [9.17, 15) is 4.21 Å². The van der Waals surface area contributed by atoms with Gasteiger partial charge in [0.15, 0.2) is 0 Å². The minimum Gasteiger partial charge on any atom is -0.335 e. The molecule has 1 unspecified atom stereocenters. The molecule has 0 N–H and O–H groups in total. The molecule has 1 aliphatic heterocycles. The number of aromatic nitrogens is 3. The smallest absolute Gasteiger partial charge is 0.228 e. The third-order valence-electron chi connectivity index (χ3n) is 5.08. The minimum atomic E-state index is -0.995. The van der Waals surface area contributed by atoms with Crippen LogP contribution in [0.5, 0.6) is 0 Å². The zero-order valence-electron chi connectivity index (χ0n) is 15.6. The predicted octanol–water partition coefficient (Wildman–Crippen LogP) is 3.86. The van der Waals surface area contributed by atoms with Crippen LogP contribution in [0.25, 0.3) is 16.7 Å². The van der Waals surface area contributed by atoms with Gasteiger partial charge in [0.05, 0.1) is 16.3 Å². The van der Waals surface area contributed by atoms with Gasteiger partial charge in [-0.2, -0.15) is 4.98 Å². The van der Waals surface area contributed by atoms with E-state index in [2.05, 4.69) is 24.0 Å². The molecule has 1 atom stereocenters. The van der Waals surface area contributed by atoms with Crippen molar-refractivity contribution in [3.8, 4) is 5.82 Å². The molecule has 0 radical (unpaired) electrons. The van der Waals surface area contributed by atoms with Crippen molar-refractivity contribution in [1.82, 2.24) is 14.5 Å². The van der Waals surface area contributed by atoms with Gasteiger partial charge >= 0.3 is 0 Å². The van der Waals surface area contributed by atoms with Crippen molar-refractivity contribution < 1.29 is 4.21 Å². The summed E-state index contributed by atoms with van der Waals surface area (Å²) in [6, 6.07) is 18.2. The van der Waals surface area contributed by atoms with Gasteiger partial charge in [0.25, 0.3) is 0 Å². The summed E-state index contributed by atoms with van der Waals surface area (Å²) in [5.74, 6) is 2.12. The number of aryl methyl sites for hydroxylation is 1. The van der Waals surface area contributed by atoms with Crippen molar-refractivity contribution in [3.63, 3.8) is 0 Å². The average Bonchev–Trinajstić information content (AvgIpc) is 3.19. The average molecular weight is 388 g/mol. The van der Waals surface area contributed by atoms with E-state index in [0.29, 0.717) is 24.8 Å². The normalized spacial score (nSPS) is 16.8. The van der Waals surface area contributed by atoms with Crippen LogP contribution < -0.4 is 4.90 Å². The van der Waals surface area contributed by atoms with Crippen LogP contribution in [0.2, 0.25) is 0 Å². The van der Waals surface area contributed by atoms with E-state index < -0.39 is 10.8 Å². The van der Waals surface area contributed by atoms with Crippen molar-refractivity contribution in [2.75, 3.05) is 17.2 Å². The second-order valence-electron chi connectivity index (χ2n) is 7.04.